The molecule has 1 N–H and O–H groups in total. The average molecular weight is 789 g/mol. The molecule has 0 amide bonds. The number of aliphatic imine (C=N–C) groups is 3. The van der Waals surface area contributed by atoms with Crippen LogP contribution in [0.15, 0.2) is 177 Å². The van der Waals surface area contributed by atoms with E-state index in [0.29, 0.717) is 29.7 Å². The summed E-state index contributed by atoms with van der Waals surface area (Å²) in [5, 5.41) is 3.74. The Kier molecular flexibility index (Phi) is 11.7. The van der Waals surface area contributed by atoms with Crippen molar-refractivity contribution in [3.05, 3.63) is 184 Å². The molecular formula is C56H60N4. The molecule has 0 saturated heterocycles. The van der Waals surface area contributed by atoms with Crippen LogP contribution in [-0.4, -0.2) is 23.4 Å². The zero-order valence-electron chi connectivity index (χ0n) is 35.2. The smallest absolute Gasteiger partial charge is 0.155 e. The van der Waals surface area contributed by atoms with Crippen LogP contribution in [0.1, 0.15) is 131 Å². The Labute approximate surface area is 358 Å². The zero-order valence-corrected chi connectivity index (χ0v) is 35.2. The first-order valence-corrected chi connectivity index (χ1v) is 23.3. The van der Waals surface area contributed by atoms with Crippen molar-refractivity contribution < 1.29 is 0 Å². The zero-order chi connectivity index (χ0) is 40.1. The van der Waals surface area contributed by atoms with Crippen molar-refractivity contribution in [1.82, 2.24) is 5.32 Å². The summed E-state index contributed by atoms with van der Waals surface area (Å²) in [7, 11) is 0. The SMILES string of the molecule is C1=CCCC(c2ccc(C3=NC(C4=CC=C(C5=CC=CC(C6=CCC(C7C=CCCC7)N=C6C6CC=CCC6)C5)CC4)=NC(c4ccc(C5C=CCCC5)cc4)N3)cc2)=C1. The van der Waals surface area contributed by atoms with E-state index in [0.717, 1.165) is 62.2 Å². The molecule has 8 aliphatic rings. The lowest BCUT2D eigenvalue weighted by molar-refractivity contribution is 0.439. The average Bonchev–Trinajstić information content (AvgIpc) is 3.35. The molecule has 2 heterocycles. The predicted molar refractivity (Wildman–Crippen MR) is 252 cm³/mol. The van der Waals surface area contributed by atoms with Crippen molar-refractivity contribution in [1.29, 1.82) is 0 Å². The first-order valence-electron chi connectivity index (χ1n) is 23.3. The van der Waals surface area contributed by atoms with Crippen molar-refractivity contribution in [2.45, 2.75) is 114 Å². The van der Waals surface area contributed by atoms with Crippen LogP contribution in [0.3, 0.4) is 0 Å². The second-order valence-corrected chi connectivity index (χ2v) is 18.1. The highest BCUT2D eigenvalue weighted by molar-refractivity contribution is 6.13. The van der Waals surface area contributed by atoms with Crippen LogP contribution in [-0.2, 0) is 0 Å². The van der Waals surface area contributed by atoms with Gasteiger partial charge in [0.05, 0.1) is 6.04 Å². The van der Waals surface area contributed by atoms with Crippen molar-refractivity contribution in [3.8, 4) is 0 Å². The quantitative estimate of drug-likeness (QED) is 0.253. The molecule has 304 valence electrons. The monoisotopic (exact) mass is 788 g/mol. The molecule has 2 aliphatic heterocycles. The lowest BCUT2D eigenvalue weighted by atomic mass is 9.74. The molecule has 6 atom stereocenters. The molecule has 0 aromatic heterocycles. The Morgan fingerprint density at radius 3 is 2.10 bits per heavy atom. The number of hydrogen-bond donors (Lipinski definition) is 1. The number of allylic oxidation sites excluding steroid dienone is 17. The maximum absolute atomic E-state index is 5.64. The highest BCUT2D eigenvalue weighted by Crippen LogP contribution is 2.40. The maximum atomic E-state index is 5.64. The first kappa shape index (κ1) is 38.8. The second kappa shape index (κ2) is 18.1. The van der Waals surface area contributed by atoms with Crippen LogP contribution in [0.5, 0.6) is 0 Å². The van der Waals surface area contributed by atoms with Gasteiger partial charge in [-0.2, -0.15) is 0 Å². The third-order valence-corrected chi connectivity index (χ3v) is 14.2. The Balaban J connectivity index is 0.899. The number of dihydropyridines is 1. The van der Waals surface area contributed by atoms with Crippen LogP contribution in [0.25, 0.3) is 5.57 Å². The van der Waals surface area contributed by atoms with Crippen molar-refractivity contribution >= 4 is 23.0 Å². The molecule has 2 aromatic carbocycles. The normalized spacial score (nSPS) is 28.9. The Morgan fingerprint density at radius 1 is 0.550 bits per heavy atom. The van der Waals surface area contributed by atoms with Gasteiger partial charge in [0.2, 0.25) is 0 Å². The van der Waals surface area contributed by atoms with Crippen LogP contribution in [0.4, 0.5) is 0 Å². The maximum Gasteiger partial charge on any atom is 0.155 e. The summed E-state index contributed by atoms with van der Waals surface area (Å²) in [6.45, 7) is 0. The Hall–Kier alpha value is -5.35. The number of amidine groups is 2. The number of nitrogens with one attached hydrogen (secondary N) is 1. The van der Waals surface area contributed by atoms with E-state index in [2.05, 4.69) is 145 Å². The molecule has 2 aromatic rings. The van der Waals surface area contributed by atoms with Crippen LogP contribution in [0.2, 0.25) is 0 Å². The molecule has 0 radical (unpaired) electrons. The summed E-state index contributed by atoms with van der Waals surface area (Å²) in [5.41, 5.74) is 13.4. The van der Waals surface area contributed by atoms with Gasteiger partial charge in [-0.15, -0.1) is 0 Å². The third-order valence-electron chi connectivity index (χ3n) is 14.2. The lowest BCUT2D eigenvalue weighted by Gasteiger charge is -2.34. The van der Waals surface area contributed by atoms with Gasteiger partial charge in [0.1, 0.15) is 12.0 Å². The molecule has 0 bridgehead atoms. The van der Waals surface area contributed by atoms with Gasteiger partial charge in [0.15, 0.2) is 5.84 Å². The molecule has 4 heteroatoms. The van der Waals surface area contributed by atoms with Gasteiger partial charge in [0.25, 0.3) is 0 Å². The van der Waals surface area contributed by atoms with E-state index < -0.39 is 0 Å². The predicted octanol–water partition coefficient (Wildman–Crippen LogP) is 13.7. The van der Waals surface area contributed by atoms with E-state index in [4.69, 9.17) is 15.0 Å². The molecule has 4 nitrogen and oxygen atoms in total. The Morgan fingerprint density at radius 2 is 1.35 bits per heavy atom. The van der Waals surface area contributed by atoms with Crippen molar-refractivity contribution in [2.75, 3.05) is 0 Å². The topological polar surface area (TPSA) is 49.1 Å². The standard InChI is InChI=1S/C56H60N4/c1-5-14-39(15-6-1)41-24-30-46(31-25-41)54-58-55(47-32-26-42(27-33-47)40-16-7-2-8-17-40)60-56(59-54)48-34-28-43(29-35-48)49-22-13-23-50(38-49)51-36-37-52(44-18-9-3-10-19-44)57-53(51)45-20-11-4-12-21-45/h1,4-5,7,9,11,13-14,16,18,22-28,30-34,36,40,44-45,50,52,55H,2-3,6,8,10,12,15,17,19-21,29,35,37-38H2,(H,58,59,60). The van der Waals surface area contributed by atoms with E-state index in [9.17, 15) is 0 Å². The fourth-order valence-corrected chi connectivity index (χ4v) is 10.6. The molecule has 0 saturated carbocycles. The first-order chi connectivity index (χ1) is 29.7. The largest absolute Gasteiger partial charge is 0.344 e. The summed E-state index contributed by atoms with van der Waals surface area (Å²) < 4.78 is 0. The summed E-state index contributed by atoms with van der Waals surface area (Å²) in [4.78, 5) is 16.2. The lowest BCUT2D eigenvalue weighted by Crippen LogP contribution is -2.34. The number of rotatable bonds is 9. The molecule has 60 heavy (non-hydrogen) atoms. The minimum Gasteiger partial charge on any atom is -0.344 e. The van der Waals surface area contributed by atoms with E-state index in [1.54, 1.807) is 0 Å². The van der Waals surface area contributed by atoms with E-state index in [-0.39, 0.29) is 6.17 Å². The molecule has 10 rings (SSSR count). The number of benzene rings is 2. The van der Waals surface area contributed by atoms with Crippen LogP contribution < -0.4 is 5.32 Å². The number of nitrogens with zero attached hydrogens (tertiary/aromatic N) is 3. The van der Waals surface area contributed by atoms with Crippen molar-refractivity contribution in [3.63, 3.8) is 0 Å². The van der Waals surface area contributed by atoms with Gasteiger partial charge >= 0.3 is 0 Å². The van der Waals surface area contributed by atoms with Gasteiger partial charge < -0.3 is 5.32 Å². The fourth-order valence-electron chi connectivity index (χ4n) is 10.6. The van der Waals surface area contributed by atoms with E-state index in [1.807, 2.05) is 0 Å². The van der Waals surface area contributed by atoms with Gasteiger partial charge in [0, 0.05) is 29.0 Å². The summed E-state index contributed by atoms with van der Waals surface area (Å²) in [6.07, 6.45) is 52.4. The van der Waals surface area contributed by atoms with Gasteiger partial charge in [-0.1, -0.05) is 140 Å². The second-order valence-electron chi connectivity index (χ2n) is 18.1. The number of hydrogen-bond acceptors (Lipinski definition) is 4. The van der Waals surface area contributed by atoms with Crippen LogP contribution in [0, 0.1) is 17.8 Å². The highest BCUT2D eigenvalue weighted by atomic mass is 15.2. The molecule has 0 spiro atoms. The van der Waals surface area contributed by atoms with Gasteiger partial charge in [-0.3, -0.25) is 4.99 Å². The minimum atomic E-state index is -0.208. The third kappa shape index (κ3) is 8.62. The molecule has 6 unspecified atom stereocenters. The molecule has 0 fully saturated rings. The summed E-state index contributed by atoms with van der Waals surface area (Å²) >= 11 is 0. The van der Waals surface area contributed by atoms with Crippen LogP contribution >= 0.6 is 0 Å². The summed E-state index contributed by atoms with van der Waals surface area (Å²) in [5.74, 6) is 3.75. The highest BCUT2D eigenvalue weighted by Gasteiger charge is 2.32. The fraction of sp³-hybridized carbons (Fsp3) is 0.375. The van der Waals surface area contributed by atoms with E-state index >= 15 is 0 Å². The van der Waals surface area contributed by atoms with Gasteiger partial charge in [-0.25, -0.2) is 9.98 Å². The molecule has 6 aliphatic carbocycles. The van der Waals surface area contributed by atoms with Crippen molar-refractivity contribution in [2.24, 2.45) is 32.7 Å². The summed E-state index contributed by atoms with van der Waals surface area (Å²) in [6, 6.07) is 18.5. The van der Waals surface area contributed by atoms with E-state index in [1.165, 1.54) is 102 Å². The molecular weight excluding hydrogens is 729 g/mol. The minimum absolute atomic E-state index is 0.208. The van der Waals surface area contributed by atoms with Gasteiger partial charge in [-0.05, 0) is 147 Å². The Bertz CT molecular complexity index is 2340.